The molecule has 0 heterocycles. The maximum Gasteiger partial charge on any atom is 0.343 e. The molecule has 3 rings (SSSR count). The van der Waals surface area contributed by atoms with E-state index in [1.54, 1.807) is 60.7 Å². The molecule has 0 saturated carbocycles. The molecule has 3 aromatic rings. The molecule has 0 unspecified atom stereocenters. The highest BCUT2D eigenvalue weighted by Gasteiger charge is 2.16. The van der Waals surface area contributed by atoms with Gasteiger partial charge >= 0.3 is 17.8 Å². The second-order valence-corrected chi connectivity index (χ2v) is 7.12. The lowest BCUT2D eigenvalue weighted by molar-refractivity contribution is -0.136. The van der Waals surface area contributed by atoms with E-state index in [-0.39, 0.29) is 11.4 Å². The monoisotopic (exact) mass is 481 g/mol. The van der Waals surface area contributed by atoms with Crippen LogP contribution in [0.25, 0.3) is 0 Å². The van der Waals surface area contributed by atoms with Crippen molar-refractivity contribution in [2.24, 2.45) is 5.10 Å². The Balaban J connectivity index is 1.58. The molecule has 0 spiro atoms. The summed E-state index contributed by atoms with van der Waals surface area (Å²) < 4.78 is 15.6. The molecule has 0 saturated heterocycles. The second-order valence-electron chi connectivity index (χ2n) is 6.69. The van der Waals surface area contributed by atoms with Crippen molar-refractivity contribution in [1.29, 1.82) is 0 Å². The van der Waals surface area contributed by atoms with Gasteiger partial charge in [0.2, 0.25) is 0 Å². The first kappa shape index (κ1) is 24.3. The Morgan fingerprint density at radius 2 is 1.65 bits per heavy atom. The van der Waals surface area contributed by atoms with Crippen LogP contribution < -0.4 is 25.0 Å². The Bertz CT molecular complexity index is 1230. The van der Waals surface area contributed by atoms with Crippen LogP contribution >= 0.6 is 11.6 Å². The van der Waals surface area contributed by atoms with E-state index in [0.29, 0.717) is 27.6 Å². The first-order valence-electron chi connectivity index (χ1n) is 9.84. The number of ether oxygens (including phenoxy) is 3. The number of carbonyl (C=O) groups is 3. The summed E-state index contributed by atoms with van der Waals surface area (Å²) in [5.41, 5.74) is 3.27. The van der Waals surface area contributed by atoms with Crippen molar-refractivity contribution < 1.29 is 28.6 Å². The molecule has 0 aromatic heterocycles. The fourth-order valence-electron chi connectivity index (χ4n) is 2.72. The lowest BCUT2D eigenvalue weighted by Gasteiger charge is -2.11. The number of hydrazone groups is 1. The molecule has 0 aliphatic carbocycles. The van der Waals surface area contributed by atoms with E-state index in [1.165, 1.54) is 26.5 Å². The SMILES string of the molecule is COc1ccc(OC)c(NC(=O)C(=O)NN=Cc2cccc(OC(=O)c3ccc(Cl)cc3)c2)c1. The molecule has 3 aromatic carbocycles. The van der Waals surface area contributed by atoms with Crippen LogP contribution in [0.4, 0.5) is 5.69 Å². The number of rotatable bonds is 7. The summed E-state index contributed by atoms with van der Waals surface area (Å²) in [6.07, 6.45) is 1.30. The third kappa shape index (κ3) is 6.57. The molecular weight excluding hydrogens is 462 g/mol. The topological polar surface area (TPSA) is 115 Å². The predicted molar refractivity (Wildman–Crippen MR) is 127 cm³/mol. The number of nitrogens with one attached hydrogen (secondary N) is 2. The van der Waals surface area contributed by atoms with Crippen LogP contribution in [0.15, 0.2) is 71.8 Å². The number of benzene rings is 3. The van der Waals surface area contributed by atoms with Gasteiger partial charge in [-0.25, -0.2) is 10.2 Å². The molecule has 10 heteroatoms. The number of carbonyl (C=O) groups excluding carboxylic acids is 3. The lowest BCUT2D eigenvalue weighted by atomic mass is 10.2. The van der Waals surface area contributed by atoms with Gasteiger partial charge in [0.1, 0.15) is 17.2 Å². The zero-order valence-electron chi connectivity index (χ0n) is 18.2. The summed E-state index contributed by atoms with van der Waals surface area (Å²) in [4.78, 5) is 36.5. The largest absolute Gasteiger partial charge is 0.497 e. The number of hydrogen-bond donors (Lipinski definition) is 2. The van der Waals surface area contributed by atoms with Crippen molar-refractivity contribution in [3.8, 4) is 17.2 Å². The van der Waals surface area contributed by atoms with Crippen LogP contribution in [-0.4, -0.2) is 38.2 Å². The lowest BCUT2D eigenvalue weighted by Crippen LogP contribution is -2.32. The predicted octanol–water partition coefficient (Wildman–Crippen LogP) is 3.67. The van der Waals surface area contributed by atoms with Crippen LogP contribution in [0.5, 0.6) is 17.2 Å². The van der Waals surface area contributed by atoms with Gasteiger partial charge in [-0.3, -0.25) is 9.59 Å². The molecule has 0 atom stereocenters. The summed E-state index contributed by atoms with van der Waals surface area (Å²) in [5, 5.41) is 6.72. The van der Waals surface area contributed by atoms with Gasteiger partial charge in [0, 0.05) is 11.1 Å². The Morgan fingerprint density at radius 1 is 0.882 bits per heavy atom. The Morgan fingerprint density at radius 3 is 2.35 bits per heavy atom. The maximum absolute atomic E-state index is 12.2. The molecular formula is C24H20ClN3O6. The minimum absolute atomic E-state index is 0.265. The molecule has 0 bridgehead atoms. The average molecular weight is 482 g/mol. The summed E-state index contributed by atoms with van der Waals surface area (Å²) in [6.45, 7) is 0. The minimum atomic E-state index is -0.994. The minimum Gasteiger partial charge on any atom is -0.497 e. The van der Waals surface area contributed by atoms with Crippen LogP contribution in [0.1, 0.15) is 15.9 Å². The molecule has 0 aliphatic heterocycles. The number of esters is 1. The summed E-state index contributed by atoms with van der Waals surface area (Å²) in [7, 11) is 2.91. The van der Waals surface area contributed by atoms with Crippen molar-refractivity contribution in [3.63, 3.8) is 0 Å². The Hall–Kier alpha value is -4.37. The van der Waals surface area contributed by atoms with Crippen molar-refractivity contribution in [2.45, 2.75) is 0 Å². The first-order valence-corrected chi connectivity index (χ1v) is 10.2. The molecule has 0 fully saturated rings. The fraction of sp³-hybridized carbons (Fsp3) is 0.0833. The van der Waals surface area contributed by atoms with Gasteiger partial charge in [-0.05, 0) is 54.1 Å². The van der Waals surface area contributed by atoms with Gasteiger partial charge < -0.3 is 19.5 Å². The Labute approximate surface area is 200 Å². The van der Waals surface area contributed by atoms with E-state index in [4.69, 9.17) is 25.8 Å². The van der Waals surface area contributed by atoms with E-state index < -0.39 is 17.8 Å². The summed E-state index contributed by atoms with van der Waals surface area (Å²) in [5.74, 6) is -1.39. The third-order valence-corrected chi connectivity index (χ3v) is 4.64. The van der Waals surface area contributed by atoms with Crippen molar-refractivity contribution in [3.05, 3.63) is 82.9 Å². The van der Waals surface area contributed by atoms with Gasteiger partial charge in [-0.1, -0.05) is 23.7 Å². The molecule has 9 nitrogen and oxygen atoms in total. The van der Waals surface area contributed by atoms with Crippen molar-refractivity contribution in [2.75, 3.05) is 19.5 Å². The second kappa shape index (κ2) is 11.5. The third-order valence-electron chi connectivity index (χ3n) is 4.39. The van der Waals surface area contributed by atoms with Gasteiger partial charge in [0.25, 0.3) is 0 Å². The highest BCUT2D eigenvalue weighted by molar-refractivity contribution is 6.39. The van der Waals surface area contributed by atoms with Gasteiger partial charge in [-0.15, -0.1) is 0 Å². The van der Waals surface area contributed by atoms with E-state index >= 15 is 0 Å². The molecule has 174 valence electrons. The normalized spacial score (nSPS) is 10.4. The number of hydrogen-bond acceptors (Lipinski definition) is 7. The smallest absolute Gasteiger partial charge is 0.343 e. The van der Waals surface area contributed by atoms with Gasteiger partial charge in [-0.2, -0.15) is 5.10 Å². The van der Waals surface area contributed by atoms with Crippen molar-refractivity contribution in [1.82, 2.24) is 5.43 Å². The summed E-state index contributed by atoms with van der Waals surface area (Å²) >= 11 is 5.82. The molecule has 2 N–H and O–H groups in total. The molecule has 0 aliphatic rings. The Kier molecular flexibility index (Phi) is 8.20. The van der Waals surface area contributed by atoms with Crippen LogP contribution in [0.2, 0.25) is 5.02 Å². The molecule has 0 radical (unpaired) electrons. The van der Waals surface area contributed by atoms with E-state index in [1.807, 2.05) is 0 Å². The van der Waals surface area contributed by atoms with Crippen LogP contribution in [-0.2, 0) is 9.59 Å². The van der Waals surface area contributed by atoms with Gasteiger partial charge in [0.05, 0.1) is 31.7 Å². The number of halogens is 1. The first-order chi connectivity index (χ1) is 16.4. The van der Waals surface area contributed by atoms with Crippen LogP contribution in [0.3, 0.4) is 0 Å². The molecule has 34 heavy (non-hydrogen) atoms. The van der Waals surface area contributed by atoms with Gasteiger partial charge in [0.15, 0.2) is 0 Å². The average Bonchev–Trinajstić information content (AvgIpc) is 2.84. The number of nitrogens with zero attached hydrogens (tertiary/aromatic N) is 1. The zero-order valence-corrected chi connectivity index (χ0v) is 19.0. The number of methoxy groups -OCH3 is 2. The fourth-order valence-corrected chi connectivity index (χ4v) is 2.84. The van der Waals surface area contributed by atoms with Crippen LogP contribution in [0, 0.1) is 0 Å². The molecule has 2 amide bonds. The standard InChI is InChI=1S/C24H20ClN3O6/c1-32-18-10-11-21(33-2)20(13-18)27-22(29)23(30)28-26-14-15-4-3-5-19(12-15)34-24(31)16-6-8-17(25)9-7-16/h3-14H,1-2H3,(H,27,29)(H,28,30). The maximum atomic E-state index is 12.2. The van der Waals surface area contributed by atoms with E-state index in [0.717, 1.165) is 0 Å². The van der Waals surface area contributed by atoms with E-state index in [9.17, 15) is 14.4 Å². The zero-order chi connectivity index (χ0) is 24.5. The number of amides is 2. The van der Waals surface area contributed by atoms with Crippen molar-refractivity contribution >= 4 is 41.3 Å². The quantitative estimate of drug-likeness (QED) is 0.175. The van der Waals surface area contributed by atoms with E-state index in [2.05, 4.69) is 15.8 Å². The summed E-state index contributed by atoms with van der Waals surface area (Å²) in [6, 6.07) is 17.5. The highest BCUT2D eigenvalue weighted by atomic mass is 35.5. The highest BCUT2D eigenvalue weighted by Crippen LogP contribution is 2.28. The number of anilines is 1.